The number of aryl methyl sites for hydroxylation is 3. The molecule has 1 atom stereocenters. The molecule has 2 aromatic rings. The van der Waals surface area contributed by atoms with Crippen molar-refractivity contribution >= 4 is 11.3 Å². The van der Waals surface area contributed by atoms with Crippen LogP contribution in [0.1, 0.15) is 41.1 Å². The van der Waals surface area contributed by atoms with Crippen LogP contribution in [-0.4, -0.2) is 11.5 Å². The van der Waals surface area contributed by atoms with Gasteiger partial charge in [0.1, 0.15) is 0 Å². The molecule has 0 aliphatic carbocycles. The van der Waals surface area contributed by atoms with Gasteiger partial charge in [0.05, 0.1) is 11.7 Å². The summed E-state index contributed by atoms with van der Waals surface area (Å²) in [5, 5.41) is 5.71. The van der Waals surface area contributed by atoms with E-state index in [2.05, 4.69) is 54.7 Å². The Kier molecular flexibility index (Phi) is 5.11. The van der Waals surface area contributed by atoms with Crippen LogP contribution in [0.5, 0.6) is 0 Å². The Balaban J connectivity index is 2.10. The maximum Gasteiger partial charge on any atom is 0.0602 e. The van der Waals surface area contributed by atoms with E-state index in [0.717, 1.165) is 19.4 Å². The molecule has 0 bridgehead atoms. The summed E-state index contributed by atoms with van der Waals surface area (Å²) in [6.07, 6.45) is 4.19. The molecule has 2 nitrogen and oxygen atoms in total. The molecule has 0 aliphatic rings. The third-order valence-corrected chi connectivity index (χ3v) is 4.23. The fraction of sp³-hybridized carbons (Fsp3) is 0.438. The number of aromatic nitrogens is 1. The first-order chi connectivity index (χ1) is 9.20. The average molecular weight is 274 g/mol. The molecule has 2 aromatic heterocycles. The van der Waals surface area contributed by atoms with Crippen molar-refractivity contribution in [3.8, 4) is 0 Å². The maximum absolute atomic E-state index is 4.64. The SMILES string of the molecule is CCNC(CCc1cccs1)c1ncc(C)cc1C. The average Bonchev–Trinajstić information content (AvgIpc) is 2.88. The van der Waals surface area contributed by atoms with E-state index in [-0.39, 0.29) is 0 Å². The Morgan fingerprint density at radius 1 is 1.37 bits per heavy atom. The van der Waals surface area contributed by atoms with E-state index in [1.165, 1.54) is 21.7 Å². The lowest BCUT2D eigenvalue weighted by Gasteiger charge is -2.19. The number of hydrogen-bond donors (Lipinski definition) is 1. The van der Waals surface area contributed by atoms with Crippen LogP contribution in [-0.2, 0) is 6.42 Å². The van der Waals surface area contributed by atoms with Crippen LogP contribution in [0.4, 0.5) is 0 Å². The lowest BCUT2D eigenvalue weighted by atomic mass is 10.0. The van der Waals surface area contributed by atoms with Gasteiger partial charge in [0.25, 0.3) is 0 Å². The van der Waals surface area contributed by atoms with Crippen LogP contribution in [0.15, 0.2) is 29.8 Å². The first-order valence-corrected chi connectivity index (χ1v) is 7.77. The normalized spacial score (nSPS) is 12.6. The molecule has 0 radical (unpaired) electrons. The van der Waals surface area contributed by atoms with Crippen molar-refractivity contribution in [3.63, 3.8) is 0 Å². The highest BCUT2D eigenvalue weighted by atomic mass is 32.1. The highest BCUT2D eigenvalue weighted by molar-refractivity contribution is 7.09. The van der Waals surface area contributed by atoms with E-state index in [1.807, 2.05) is 17.5 Å². The third kappa shape index (κ3) is 3.88. The van der Waals surface area contributed by atoms with E-state index in [4.69, 9.17) is 0 Å². The monoisotopic (exact) mass is 274 g/mol. The van der Waals surface area contributed by atoms with Gasteiger partial charge < -0.3 is 5.32 Å². The molecule has 1 N–H and O–H groups in total. The highest BCUT2D eigenvalue weighted by Crippen LogP contribution is 2.22. The second-order valence-corrected chi connectivity index (χ2v) is 5.98. The summed E-state index contributed by atoms with van der Waals surface area (Å²) in [7, 11) is 0. The zero-order chi connectivity index (χ0) is 13.7. The molecular weight excluding hydrogens is 252 g/mol. The van der Waals surface area contributed by atoms with Crippen molar-refractivity contribution in [2.45, 2.75) is 39.7 Å². The zero-order valence-corrected chi connectivity index (χ0v) is 12.8. The van der Waals surface area contributed by atoms with Gasteiger partial charge in [-0.25, -0.2) is 0 Å². The van der Waals surface area contributed by atoms with Gasteiger partial charge in [0.15, 0.2) is 0 Å². The summed E-state index contributed by atoms with van der Waals surface area (Å²) < 4.78 is 0. The van der Waals surface area contributed by atoms with Gasteiger partial charge in [-0.05, 0) is 55.8 Å². The van der Waals surface area contributed by atoms with Crippen molar-refractivity contribution < 1.29 is 0 Å². The molecule has 19 heavy (non-hydrogen) atoms. The predicted octanol–water partition coefficient (Wildman–Crippen LogP) is 4.04. The molecule has 0 fully saturated rings. The first-order valence-electron chi connectivity index (χ1n) is 6.89. The second-order valence-electron chi connectivity index (χ2n) is 4.94. The van der Waals surface area contributed by atoms with Crippen LogP contribution in [0.2, 0.25) is 0 Å². The quantitative estimate of drug-likeness (QED) is 0.860. The van der Waals surface area contributed by atoms with Gasteiger partial charge >= 0.3 is 0 Å². The minimum Gasteiger partial charge on any atom is -0.309 e. The highest BCUT2D eigenvalue weighted by Gasteiger charge is 2.14. The summed E-state index contributed by atoms with van der Waals surface area (Å²) >= 11 is 1.84. The molecule has 102 valence electrons. The van der Waals surface area contributed by atoms with Crippen LogP contribution < -0.4 is 5.32 Å². The van der Waals surface area contributed by atoms with Gasteiger partial charge in [0, 0.05) is 11.1 Å². The molecule has 2 rings (SSSR count). The Labute approximate surface area is 119 Å². The van der Waals surface area contributed by atoms with Crippen molar-refractivity contribution in [1.82, 2.24) is 10.3 Å². The Morgan fingerprint density at radius 2 is 2.21 bits per heavy atom. The second kappa shape index (κ2) is 6.83. The van der Waals surface area contributed by atoms with Gasteiger partial charge in [-0.3, -0.25) is 4.98 Å². The number of pyridine rings is 1. The molecule has 0 saturated heterocycles. The van der Waals surface area contributed by atoms with E-state index >= 15 is 0 Å². The fourth-order valence-electron chi connectivity index (χ4n) is 2.41. The van der Waals surface area contributed by atoms with E-state index in [9.17, 15) is 0 Å². The number of rotatable bonds is 6. The molecule has 1 unspecified atom stereocenters. The summed E-state index contributed by atoms with van der Waals surface area (Å²) in [5.41, 5.74) is 3.72. The lowest BCUT2D eigenvalue weighted by molar-refractivity contribution is 0.503. The molecule has 0 aliphatic heterocycles. The molecule has 2 heterocycles. The van der Waals surface area contributed by atoms with E-state index in [0.29, 0.717) is 6.04 Å². The standard InChI is InChI=1S/C16H22N2S/c1-4-17-15(8-7-14-6-5-9-19-14)16-13(3)10-12(2)11-18-16/h5-6,9-11,15,17H,4,7-8H2,1-3H3. The van der Waals surface area contributed by atoms with E-state index in [1.54, 1.807) is 0 Å². The van der Waals surface area contributed by atoms with E-state index < -0.39 is 0 Å². The van der Waals surface area contributed by atoms with Gasteiger partial charge in [-0.2, -0.15) is 0 Å². The minimum atomic E-state index is 0.354. The molecule has 3 heteroatoms. The predicted molar refractivity (Wildman–Crippen MR) is 82.8 cm³/mol. The van der Waals surface area contributed by atoms with Crippen LogP contribution in [0, 0.1) is 13.8 Å². The number of nitrogens with one attached hydrogen (secondary N) is 1. The molecular formula is C16H22N2S. The molecule has 0 amide bonds. The van der Waals surface area contributed by atoms with Crippen molar-refractivity contribution in [3.05, 3.63) is 51.5 Å². The largest absolute Gasteiger partial charge is 0.309 e. The van der Waals surface area contributed by atoms with Crippen LogP contribution >= 0.6 is 11.3 Å². The van der Waals surface area contributed by atoms with Crippen LogP contribution in [0.25, 0.3) is 0 Å². The topological polar surface area (TPSA) is 24.9 Å². The first kappa shape index (κ1) is 14.2. The summed E-state index contributed by atoms with van der Waals surface area (Å²) in [5.74, 6) is 0. The fourth-order valence-corrected chi connectivity index (χ4v) is 3.14. The lowest BCUT2D eigenvalue weighted by Crippen LogP contribution is -2.23. The Hall–Kier alpha value is -1.19. The summed E-state index contributed by atoms with van der Waals surface area (Å²) in [6, 6.07) is 6.91. The molecule has 0 aromatic carbocycles. The number of hydrogen-bond acceptors (Lipinski definition) is 3. The van der Waals surface area contributed by atoms with Crippen molar-refractivity contribution in [2.24, 2.45) is 0 Å². The van der Waals surface area contributed by atoms with Crippen molar-refractivity contribution in [2.75, 3.05) is 6.54 Å². The molecule has 0 saturated carbocycles. The van der Waals surface area contributed by atoms with Gasteiger partial charge in [-0.15, -0.1) is 11.3 Å². The third-order valence-electron chi connectivity index (χ3n) is 3.30. The summed E-state index contributed by atoms with van der Waals surface area (Å²) in [4.78, 5) is 6.09. The summed E-state index contributed by atoms with van der Waals surface area (Å²) in [6.45, 7) is 7.38. The number of nitrogens with zero attached hydrogens (tertiary/aromatic N) is 1. The Bertz CT molecular complexity index is 505. The van der Waals surface area contributed by atoms with Crippen LogP contribution in [0.3, 0.4) is 0 Å². The van der Waals surface area contributed by atoms with Gasteiger partial charge in [0.2, 0.25) is 0 Å². The van der Waals surface area contributed by atoms with Crippen molar-refractivity contribution in [1.29, 1.82) is 0 Å². The Morgan fingerprint density at radius 3 is 2.84 bits per heavy atom. The van der Waals surface area contributed by atoms with Gasteiger partial charge in [-0.1, -0.05) is 19.1 Å². The zero-order valence-electron chi connectivity index (χ0n) is 11.9. The maximum atomic E-state index is 4.64. The number of thiophene rings is 1. The smallest absolute Gasteiger partial charge is 0.0602 e. The minimum absolute atomic E-state index is 0.354. The molecule has 0 spiro atoms.